The highest BCUT2D eigenvalue weighted by atomic mass is 16.3. The minimum atomic E-state index is -0.127. The summed E-state index contributed by atoms with van der Waals surface area (Å²) in [4.78, 5) is 5.84. The SMILES string of the molecule is Cc1[nH]c2ccccc2c1CCN1CCCC(O)C1. The average molecular weight is 258 g/mol. The van der Waals surface area contributed by atoms with Crippen LogP contribution in [0.5, 0.6) is 0 Å². The van der Waals surface area contributed by atoms with Crippen LogP contribution in [-0.2, 0) is 6.42 Å². The molecule has 0 spiro atoms. The van der Waals surface area contributed by atoms with Crippen LogP contribution >= 0.6 is 0 Å². The third kappa shape index (κ3) is 2.67. The minimum Gasteiger partial charge on any atom is -0.392 e. The molecule has 2 N–H and O–H groups in total. The lowest BCUT2D eigenvalue weighted by Crippen LogP contribution is -2.39. The number of aliphatic hydroxyl groups excluding tert-OH is 1. The second-order valence-corrected chi connectivity index (χ2v) is 5.62. The van der Waals surface area contributed by atoms with Gasteiger partial charge in [0.1, 0.15) is 0 Å². The molecule has 1 atom stereocenters. The fourth-order valence-electron chi connectivity index (χ4n) is 3.16. The molecule has 2 heterocycles. The predicted octanol–water partition coefficient (Wildman–Crippen LogP) is 2.48. The standard InChI is InChI=1S/C16H22N2O/c1-12-14(15-6-2-3-7-16(15)17-12)8-10-18-9-4-5-13(19)11-18/h2-3,6-7,13,17,19H,4-5,8-11H2,1H3. The lowest BCUT2D eigenvalue weighted by atomic mass is 10.1. The van der Waals surface area contributed by atoms with E-state index < -0.39 is 0 Å². The zero-order valence-corrected chi connectivity index (χ0v) is 11.5. The topological polar surface area (TPSA) is 39.3 Å². The Balaban J connectivity index is 1.73. The molecule has 0 aliphatic carbocycles. The molecule has 1 unspecified atom stereocenters. The van der Waals surface area contributed by atoms with Crippen LogP contribution in [0.15, 0.2) is 24.3 Å². The van der Waals surface area contributed by atoms with Gasteiger partial charge in [-0.2, -0.15) is 0 Å². The van der Waals surface area contributed by atoms with Gasteiger partial charge in [0.05, 0.1) is 6.10 Å². The molecule has 3 heteroatoms. The maximum Gasteiger partial charge on any atom is 0.0667 e. The fourth-order valence-corrected chi connectivity index (χ4v) is 3.16. The fraction of sp³-hybridized carbons (Fsp3) is 0.500. The first kappa shape index (κ1) is 12.7. The van der Waals surface area contributed by atoms with E-state index in [-0.39, 0.29) is 6.10 Å². The summed E-state index contributed by atoms with van der Waals surface area (Å²) < 4.78 is 0. The number of nitrogens with one attached hydrogen (secondary N) is 1. The number of benzene rings is 1. The highest BCUT2D eigenvalue weighted by molar-refractivity contribution is 5.84. The summed E-state index contributed by atoms with van der Waals surface area (Å²) >= 11 is 0. The summed E-state index contributed by atoms with van der Waals surface area (Å²) in [7, 11) is 0. The van der Waals surface area contributed by atoms with Crippen LogP contribution in [0.2, 0.25) is 0 Å². The zero-order valence-electron chi connectivity index (χ0n) is 11.5. The van der Waals surface area contributed by atoms with E-state index in [0.717, 1.165) is 38.9 Å². The van der Waals surface area contributed by atoms with Crippen LogP contribution in [0.3, 0.4) is 0 Å². The van der Waals surface area contributed by atoms with Crippen molar-refractivity contribution >= 4 is 10.9 Å². The van der Waals surface area contributed by atoms with Gasteiger partial charge in [-0.25, -0.2) is 0 Å². The van der Waals surface area contributed by atoms with Crippen LogP contribution in [0, 0.1) is 6.92 Å². The first-order valence-electron chi connectivity index (χ1n) is 7.20. The van der Waals surface area contributed by atoms with E-state index in [4.69, 9.17) is 0 Å². The molecule has 1 aromatic carbocycles. The monoisotopic (exact) mass is 258 g/mol. The smallest absolute Gasteiger partial charge is 0.0667 e. The second-order valence-electron chi connectivity index (χ2n) is 5.62. The molecule has 0 radical (unpaired) electrons. The van der Waals surface area contributed by atoms with Crippen LogP contribution in [0.25, 0.3) is 10.9 Å². The van der Waals surface area contributed by atoms with Gasteiger partial charge < -0.3 is 15.0 Å². The average Bonchev–Trinajstić information content (AvgIpc) is 2.72. The lowest BCUT2D eigenvalue weighted by molar-refractivity contribution is 0.0714. The number of H-pyrrole nitrogens is 1. The maximum absolute atomic E-state index is 9.72. The van der Waals surface area contributed by atoms with E-state index in [2.05, 4.69) is 41.1 Å². The number of aliphatic hydroxyl groups is 1. The number of para-hydroxylation sites is 1. The number of hydrogen-bond donors (Lipinski definition) is 2. The van der Waals surface area contributed by atoms with Gasteiger partial charge in [0, 0.05) is 29.7 Å². The van der Waals surface area contributed by atoms with E-state index >= 15 is 0 Å². The van der Waals surface area contributed by atoms with E-state index in [9.17, 15) is 5.11 Å². The summed E-state index contributed by atoms with van der Waals surface area (Å²) in [6.07, 6.45) is 3.01. The molecule has 3 rings (SSSR count). The predicted molar refractivity (Wildman–Crippen MR) is 78.4 cm³/mol. The third-order valence-corrected chi connectivity index (χ3v) is 4.19. The van der Waals surface area contributed by atoms with Crippen LogP contribution < -0.4 is 0 Å². The number of aromatic amines is 1. The number of β-amino-alcohol motifs (C(OH)–C–C–N with tert-alkyl or cyclic N) is 1. The van der Waals surface area contributed by atoms with Crippen LogP contribution in [0.4, 0.5) is 0 Å². The van der Waals surface area contributed by atoms with Gasteiger partial charge in [0.15, 0.2) is 0 Å². The normalized spacial score (nSPS) is 21.1. The van der Waals surface area contributed by atoms with Gasteiger partial charge in [-0.1, -0.05) is 18.2 Å². The van der Waals surface area contributed by atoms with Crippen LogP contribution in [0.1, 0.15) is 24.1 Å². The Hall–Kier alpha value is -1.32. The van der Waals surface area contributed by atoms with Gasteiger partial charge in [0.25, 0.3) is 0 Å². The van der Waals surface area contributed by atoms with E-state index in [0.29, 0.717) is 0 Å². The molecule has 2 aromatic rings. The molecule has 1 fully saturated rings. The van der Waals surface area contributed by atoms with Gasteiger partial charge in [-0.3, -0.25) is 0 Å². The Bertz CT molecular complexity index is 561. The van der Waals surface area contributed by atoms with Crippen molar-refractivity contribution in [2.45, 2.75) is 32.3 Å². The van der Waals surface area contributed by atoms with Gasteiger partial charge in [-0.05, 0) is 44.4 Å². The first-order chi connectivity index (χ1) is 9.24. The highest BCUT2D eigenvalue weighted by Crippen LogP contribution is 2.22. The lowest BCUT2D eigenvalue weighted by Gasteiger charge is -2.29. The third-order valence-electron chi connectivity index (χ3n) is 4.19. The summed E-state index contributed by atoms with van der Waals surface area (Å²) in [5.41, 5.74) is 3.93. The number of piperidine rings is 1. The summed E-state index contributed by atoms with van der Waals surface area (Å²) in [5.74, 6) is 0. The van der Waals surface area contributed by atoms with Crippen molar-refractivity contribution in [3.63, 3.8) is 0 Å². The molecule has 3 nitrogen and oxygen atoms in total. The molecular weight excluding hydrogens is 236 g/mol. The number of hydrogen-bond acceptors (Lipinski definition) is 2. The molecule has 0 saturated carbocycles. The number of rotatable bonds is 3. The Morgan fingerprint density at radius 1 is 1.37 bits per heavy atom. The summed E-state index contributed by atoms with van der Waals surface area (Å²) in [6, 6.07) is 8.50. The van der Waals surface area contributed by atoms with Crippen molar-refractivity contribution in [1.82, 2.24) is 9.88 Å². The van der Waals surface area contributed by atoms with E-state index in [1.54, 1.807) is 0 Å². The van der Waals surface area contributed by atoms with Crippen LogP contribution in [-0.4, -0.2) is 40.7 Å². The summed E-state index contributed by atoms with van der Waals surface area (Å²) in [5, 5.41) is 11.1. The first-order valence-corrected chi connectivity index (χ1v) is 7.20. The number of fused-ring (bicyclic) bond motifs is 1. The summed E-state index contributed by atoms with van der Waals surface area (Å²) in [6.45, 7) is 5.15. The van der Waals surface area contributed by atoms with Crippen molar-refractivity contribution < 1.29 is 5.11 Å². The molecule has 1 aliphatic rings. The number of aryl methyl sites for hydroxylation is 1. The van der Waals surface area contributed by atoms with Crippen molar-refractivity contribution in [3.05, 3.63) is 35.5 Å². The van der Waals surface area contributed by atoms with Gasteiger partial charge in [-0.15, -0.1) is 0 Å². The number of aromatic nitrogens is 1. The van der Waals surface area contributed by atoms with E-state index in [1.807, 2.05) is 0 Å². The highest BCUT2D eigenvalue weighted by Gasteiger charge is 2.18. The molecule has 1 saturated heterocycles. The molecule has 0 amide bonds. The molecule has 19 heavy (non-hydrogen) atoms. The Labute approximate surface area is 114 Å². The quantitative estimate of drug-likeness (QED) is 0.888. The number of likely N-dealkylation sites (tertiary alicyclic amines) is 1. The Morgan fingerprint density at radius 3 is 3.05 bits per heavy atom. The largest absolute Gasteiger partial charge is 0.392 e. The van der Waals surface area contributed by atoms with Crippen molar-refractivity contribution in [1.29, 1.82) is 0 Å². The second kappa shape index (κ2) is 5.35. The Morgan fingerprint density at radius 2 is 2.21 bits per heavy atom. The van der Waals surface area contributed by atoms with Crippen molar-refractivity contribution in [3.8, 4) is 0 Å². The molecule has 1 aliphatic heterocycles. The minimum absolute atomic E-state index is 0.127. The van der Waals surface area contributed by atoms with Gasteiger partial charge >= 0.3 is 0 Å². The molecular formula is C16H22N2O. The Kier molecular flexibility index (Phi) is 3.58. The van der Waals surface area contributed by atoms with Crippen molar-refractivity contribution in [2.75, 3.05) is 19.6 Å². The van der Waals surface area contributed by atoms with Crippen molar-refractivity contribution in [2.24, 2.45) is 0 Å². The zero-order chi connectivity index (χ0) is 13.2. The van der Waals surface area contributed by atoms with E-state index in [1.165, 1.54) is 22.2 Å². The molecule has 1 aromatic heterocycles. The molecule has 0 bridgehead atoms. The maximum atomic E-state index is 9.72. The van der Waals surface area contributed by atoms with Gasteiger partial charge in [0.2, 0.25) is 0 Å². The number of nitrogens with zero attached hydrogens (tertiary/aromatic N) is 1. The molecule has 102 valence electrons.